The molecular formula is C12H13N3O4. The zero-order valence-electron chi connectivity index (χ0n) is 10.3. The van der Waals surface area contributed by atoms with Crippen molar-refractivity contribution in [2.75, 3.05) is 13.2 Å². The average molecular weight is 263 g/mol. The Kier molecular flexibility index (Phi) is 5.69. The van der Waals surface area contributed by atoms with Crippen LogP contribution in [0.3, 0.4) is 0 Å². The highest BCUT2D eigenvalue weighted by Gasteiger charge is 2.05. The van der Waals surface area contributed by atoms with Crippen molar-refractivity contribution < 1.29 is 19.1 Å². The SMILES string of the molecule is CCOC(=O)NNC(=O)COc1ccc(C#N)cc1. The van der Waals surface area contributed by atoms with Crippen LogP contribution in [0.4, 0.5) is 4.79 Å². The summed E-state index contributed by atoms with van der Waals surface area (Å²) in [6.45, 7) is 1.59. The predicted octanol–water partition coefficient (Wildman–Crippen LogP) is 0.714. The van der Waals surface area contributed by atoms with E-state index in [9.17, 15) is 9.59 Å². The summed E-state index contributed by atoms with van der Waals surface area (Å²) >= 11 is 0. The molecular weight excluding hydrogens is 250 g/mol. The zero-order chi connectivity index (χ0) is 14.1. The highest BCUT2D eigenvalue weighted by atomic mass is 16.6. The summed E-state index contributed by atoms with van der Waals surface area (Å²) in [5.41, 5.74) is 4.67. The molecule has 0 unspecified atom stereocenters. The molecule has 1 aromatic rings. The van der Waals surface area contributed by atoms with E-state index in [1.165, 1.54) is 0 Å². The van der Waals surface area contributed by atoms with Gasteiger partial charge in [-0.3, -0.25) is 10.2 Å². The Balaban J connectivity index is 2.29. The van der Waals surface area contributed by atoms with E-state index >= 15 is 0 Å². The van der Waals surface area contributed by atoms with Crippen LogP contribution in [0.1, 0.15) is 12.5 Å². The zero-order valence-corrected chi connectivity index (χ0v) is 10.3. The molecule has 0 heterocycles. The fourth-order valence-electron chi connectivity index (χ4n) is 1.10. The molecule has 0 saturated carbocycles. The third-order valence-electron chi connectivity index (χ3n) is 1.93. The standard InChI is InChI=1S/C12H13N3O4/c1-2-18-12(17)15-14-11(16)8-19-10-5-3-9(7-13)4-6-10/h3-6H,2,8H2,1H3,(H,14,16)(H,15,17). The van der Waals surface area contributed by atoms with Gasteiger partial charge in [0.2, 0.25) is 0 Å². The second-order valence-electron chi connectivity index (χ2n) is 3.32. The number of ether oxygens (including phenoxy) is 2. The maximum atomic E-state index is 11.3. The highest BCUT2D eigenvalue weighted by Crippen LogP contribution is 2.10. The molecule has 0 radical (unpaired) electrons. The lowest BCUT2D eigenvalue weighted by atomic mass is 10.2. The van der Waals surface area contributed by atoms with Gasteiger partial charge in [-0.2, -0.15) is 5.26 Å². The maximum absolute atomic E-state index is 11.3. The summed E-state index contributed by atoms with van der Waals surface area (Å²) < 4.78 is 9.69. The third kappa shape index (κ3) is 5.41. The smallest absolute Gasteiger partial charge is 0.426 e. The largest absolute Gasteiger partial charge is 0.484 e. The first-order valence-corrected chi connectivity index (χ1v) is 5.50. The number of hydrazine groups is 1. The van der Waals surface area contributed by atoms with Gasteiger partial charge < -0.3 is 9.47 Å². The molecule has 0 fully saturated rings. The Bertz CT molecular complexity index is 479. The van der Waals surface area contributed by atoms with E-state index in [0.717, 1.165) is 0 Å². The van der Waals surface area contributed by atoms with Gasteiger partial charge >= 0.3 is 6.09 Å². The molecule has 1 aromatic carbocycles. The first-order chi connectivity index (χ1) is 9.15. The summed E-state index contributed by atoms with van der Waals surface area (Å²) in [6, 6.07) is 8.26. The van der Waals surface area contributed by atoms with Crippen molar-refractivity contribution in [1.82, 2.24) is 10.9 Å². The van der Waals surface area contributed by atoms with E-state index in [2.05, 4.69) is 15.6 Å². The van der Waals surface area contributed by atoms with Crippen molar-refractivity contribution >= 4 is 12.0 Å². The van der Waals surface area contributed by atoms with E-state index in [1.807, 2.05) is 6.07 Å². The van der Waals surface area contributed by atoms with Crippen molar-refractivity contribution in [1.29, 1.82) is 5.26 Å². The van der Waals surface area contributed by atoms with Crippen molar-refractivity contribution in [3.63, 3.8) is 0 Å². The first kappa shape index (κ1) is 14.3. The van der Waals surface area contributed by atoms with Gasteiger partial charge in [0.1, 0.15) is 5.75 Å². The number of hydrogen-bond donors (Lipinski definition) is 2. The maximum Gasteiger partial charge on any atom is 0.426 e. The average Bonchev–Trinajstić information content (AvgIpc) is 2.44. The first-order valence-electron chi connectivity index (χ1n) is 5.50. The van der Waals surface area contributed by atoms with Gasteiger partial charge in [0, 0.05) is 0 Å². The van der Waals surface area contributed by atoms with E-state index in [0.29, 0.717) is 11.3 Å². The summed E-state index contributed by atoms with van der Waals surface area (Å²) in [5, 5.41) is 8.61. The van der Waals surface area contributed by atoms with Crippen LogP contribution in [0.5, 0.6) is 5.75 Å². The van der Waals surface area contributed by atoms with Gasteiger partial charge in [-0.25, -0.2) is 10.2 Å². The van der Waals surface area contributed by atoms with Crippen LogP contribution in [-0.4, -0.2) is 25.2 Å². The molecule has 0 saturated heterocycles. The minimum absolute atomic E-state index is 0.212. The van der Waals surface area contributed by atoms with Gasteiger partial charge in [-0.05, 0) is 31.2 Å². The Morgan fingerprint density at radius 3 is 2.53 bits per heavy atom. The Morgan fingerprint density at radius 1 is 1.26 bits per heavy atom. The molecule has 0 atom stereocenters. The molecule has 0 bridgehead atoms. The molecule has 0 aliphatic carbocycles. The number of carbonyl (C=O) groups is 2. The lowest BCUT2D eigenvalue weighted by Crippen LogP contribution is -2.44. The number of amides is 2. The number of benzene rings is 1. The topological polar surface area (TPSA) is 100 Å². The van der Waals surface area contributed by atoms with Crippen LogP contribution >= 0.6 is 0 Å². The van der Waals surface area contributed by atoms with E-state index < -0.39 is 12.0 Å². The summed E-state index contributed by atoms with van der Waals surface area (Å²) in [7, 11) is 0. The van der Waals surface area contributed by atoms with Crippen molar-refractivity contribution in [3.05, 3.63) is 29.8 Å². The van der Waals surface area contributed by atoms with Crippen molar-refractivity contribution in [3.8, 4) is 11.8 Å². The molecule has 0 spiro atoms. The van der Waals surface area contributed by atoms with Crippen molar-refractivity contribution in [2.45, 2.75) is 6.92 Å². The van der Waals surface area contributed by atoms with Crippen LogP contribution in [0.2, 0.25) is 0 Å². The Hall–Kier alpha value is -2.75. The van der Waals surface area contributed by atoms with Crippen LogP contribution in [0.15, 0.2) is 24.3 Å². The molecule has 1 rings (SSSR count). The quantitative estimate of drug-likeness (QED) is 0.779. The van der Waals surface area contributed by atoms with Gasteiger partial charge in [0.05, 0.1) is 18.2 Å². The van der Waals surface area contributed by atoms with E-state index in [4.69, 9.17) is 10.00 Å². The molecule has 100 valence electrons. The molecule has 7 nitrogen and oxygen atoms in total. The van der Waals surface area contributed by atoms with Crippen LogP contribution < -0.4 is 15.6 Å². The number of nitrogens with zero attached hydrogens (tertiary/aromatic N) is 1. The number of nitriles is 1. The fourth-order valence-corrected chi connectivity index (χ4v) is 1.10. The predicted molar refractivity (Wildman–Crippen MR) is 65.0 cm³/mol. The second kappa shape index (κ2) is 7.55. The monoisotopic (exact) mass is 263 g/mol. The van der Waals surface area contributed by atoms with Crippen LogP contribution in [0, 0.1) is 11.3 Å². The molecule has 7 heteroatoms. The molecule has 2 amide bonds. The normalized spacial score (nSPS) is 9.05. The van der Waals surface area contributed by atoms with Gasteiger partial charge in [0.15, 0.2) is 6.61 Å². The third-order valence-corrected chi connectivity index (χ3v) is 1.93. The highest BCUT2D eigenvalue weighted by molar-refractivity contribution is 5.80. The lowest BCUT2D eigenvalue weighted by Gasteiger charge is -2.08. The fraction of sp³-hybridized carbons (Fsp3) is 0.250. The lowest BCUT2D eigenvalue weighted by molar-refractivity contribution is -0.123. The Morgan fingerprint density at radius 2 is 1.95 bits per heavy atom. The van der Waals surface area contributed by atoms with Gasteiger partial charge in [-0.1, -0.05) is 0 Å². The van der Waals surface area contributed by atoms with E-state index in [1.54, 1.807) is 31.2 Å². The van der Waals surface area contributed by atoms with Crippen molar-refractivity contribution in [2.24, 2.45) is 0 Å². The van der Waals surface area contributed by atoms with Gasteiger partial charge in [0.25, 0.3) is 5.91 Å². The summed E-state index contributed by atoms with van der Waals surface area (Å²) in [6.07, 6.45) is -0.741. The van der Waals surface area contributed by atoms with Crippen LogP contribution in [-0.2, 0) is 9.53 Å². The molecule has 19 heavy (non-hydrogen) atoms. The number of hydrogen-bond acceptors (Lipinski definition) is 5. The van der Waals surface area contributed by atoms with Crippen LogP contribution in [0.25, 0.3) is 0 Å². The second-order valence-corrected chi connectivity index (χ2v) is 3.32. The number of nitrogens with one attached hydrogen (secondary N) is 2. The molecule has 0 aliphatic heterocycles. The molecule has 2 N–H and O–H groups in total. The molecule has 0 aromatic heterocycles. The van der Waals surface area contributed by atoms with Gasteiger partial charge in [-0.15, -0.1) is 0 Å². The summed E-state index contributed by atoms with van der Waals surface area (Å²) in [5.74, 6) is -0.0808. The minimum atomic E-state index is -0.741. The summed E-state index contributed by atoms with van der Waals surface area (Å²) in [4.78, 5) is 22.2. The van der Waals surface area contributed by atoms with E-state index in [-0.39, 0.29) is 13.2 Å². The number of rotatable bonds is 4. The minimum Gasteiger partial charge on any atom is -0.484 e. The number of carbonyl (C=O) groups excluding carboxylic acids is 2. The Labute approximate surface area is 110 Å². The molecule has 0 aliphatic rings.